The number of hydrogen-bond donors (Lipinski definition) is 1. The highest BCUT2D eigenvalue weighted by Crippen LogP contribution is 2.20. The van der Waals surface area contributed by atoms with Gasteiger partial charge < -0.3 is 5.11 Å². The van der Waals surface area contributed by atoms with Crippen molar-refractivity contribution < 1.29 is 5.11 Å². The minimum absolute atomic E-state index is 0.362. The minimum atomic E-state index is 0.362. The van der Waals surface area contributed by atoms with Crippen molar-refractivity contribution in [1.29, 1.82) is 0 Å². The molecule has 1 nitrogen and oxygen atoms in total. The van der Waals surface area contributed by atoms with Crippen molar-refractivity contribution in [2.24, 2.45) is 11.8 Å². The van der Waals surface area contributed by atoms with Crippen molar-refractivity contribution in [3.63, 3.8) is 0 Å². The van der Waals surface area contributed by atoms with E-state index in [1.54, 1.807) is 0 Å². The van der Waals surface area contributed by atoms with Gasteiger partial charge in [-0.25, -0.2) is 0 Å². The summed E-state index contributed by atoms with van der Waals surface area (Å²) >= 11 is 0. The maximum absolute atomic E-state index is 9.00. The van der Waals surface area contributed by atoms with Gasteiger partial charge in [-0.3, -0.25) is 0 Å². The molecule has 68 valence electrons. The first-order chi connectivity index (χ1) is 5.26. The number of unbranched alkanes of at least 4 members (excludes halogenated alkanes) is 1. The zero-order valence-corrected chi connectivity index (χ0v) is 8.14. The monoisotopic (exact) mass is 158 g/mol. The van der Waals surface area contributed by atoms with Crippen LogP contribution in [0.2, 0.25) is 0 Å². The fourth-order valence-electron chi connectivity index (χ4n) is 1.47. The molecule has 1 N–H and O–H groups in total. The molecule has 0 bridgehead atoms. The Kier molecular flexibility index (Phi) is 6.63. The lowest BCUT2D eigenvalue weighted by molar-refractivity contribution is 0.171. The lowest BCUT2D eigenvalue weighted by Crippen LogP contribution is -2.14. The van der Waals surface area contributed by atoms with E-state index in [1.165, 1.54) is 19.3 Å². The van der Waals surface area contributed by atoms with Gasteiger partial charge in [0.25, 0.3) is 0 Å². The first-order valence-electron chi connectivity index (χ1n) is 4.87. The van der Waals surface area contributed by atoms with Gasteiger partial charge >= 0.3 is 0 Å². The fraction of sp³-hybridized carbons (Fsp3) is 1.00. The summed E-state index contributed by atoms with van der Waals surface area (Å²) in [6, 6.07) is 0. The predicted molar refractivity (Wildman–Crippen MR) is 49.6 cm³/mol. The van der Waals surface area contributed by atoms with Crippen LogP contribution in [-0.2, 0) is 0 Å². The van der Waals surface area contributed by atoms with Crippen LogP contribution in [0, 0.1) is 11.8 Å². The van der Waals surface area contributed by atoms with E-state index < -0.39 is 0 Å². The first-order valence-corrected chi connectivity index (χ1v) is 4.87. The molecule has 0 aliphatic rings. The second kappa shape index (κ2) is 6.66. The van der Waals surface area contributed by atoms with E-state index in [0.717, 1.165) is 6.42 Å². The Bertz CT molecular complexity index is 76.9. The largest absolute Gasteiger partial charge is 0.396 e. The zero-order chi connectivity index (χ0) is 8.69. The lowest BCUT2D eigenvalue weighted by Gasteiger charge is -2.19. The maximum Gasteiger partial charge on any atom is 0.0461 e. The third-order valence-electron chi connectivity index (χ3n) is 2.58. The molecular weight excluding hydrogens is 136 g/mol. The summed E-state index contributed by atoms with van der Waals surface area (Å²) in [6.07, 6.45) is 4.96. The quantitative estimate of drug-likeness (QED) is 0.630. The minimum Gasteiger partial charge on any atom is -0.396 e. The Morgan fingerprint density at radius 1 is 1.27 bits per heavy atom. The number of aliphatic hydroxyl groups excluding tert-OH is 1. The third-order valence-corrected chi connectivity index (χ3v) is 2.58. The summed E-state index contributed by atoms with van der Waals surface area (Å²) in [5.74, 6) is 1.23. The van der Waals surface area contributed by atoms with Gasteiger partial charge in [-0.1, -0.05) is 46.5 Å². The van der Waals surface area contributed by atoms with Crippen molar-refractivity contribution in [3.05, 3.63) is 0 Å². The van der Waals surface area contributed by atoms with E-state index >= 15 is 0 Å². The second-order valence-electron chi connectivity index (χ2n) is 3.47. The molecule has 0 aromatic carbocycles. The predicted octanol–water partition coefficient (Wildman–Crippen LogP) is 2.83. The molecule has 0 unspecified atom stereocenters. The van der Waals surface area contributed by atoms with E-state index in [4.69, 9.17) is 5.11 Å². The van der Waals surface area contributed by atoms with Gasteiger partial charge in [0, 0.05) is 6.61 Å². The average Bonchev–Trinajstić information content (AvgIpc) is 2.03. The standard InChI is InChI=1S/C10H22O/c1-4-6-7-9(3)10(5-2)8-11/h9-11H,4-8H2,1-3H3/t9-,10+/m0/s1. The van der Waals surface area contributed by atoms with Crippen molar-refractivity contribution in [1.82, 2.24) is 0 Å². The summed E-state index contributed by atoms with van der Waals surface area (Å²) in [5, 5.41) is 9.00. The van der Waals surface area contributed by atoms with Crippen molar-refractivity contribution in [2.45, 2.75) is 46.5 Å². The summed E-state index contributed by atoms with van der Waals surface area (Å²) in [6.45, 7) is 6.98. The van der Waals surface area contributed by atoms with Crippen LogP contribution in [0.3, 0.4) is 0 Å². The molecule has 0 aromatic rings. The molecule has 0 heterocycles. The molecule has 0 saturated heterocycles. The molecule has 0 amide bonds. The van der Waals surface area contributed by atoms with Crippen LogP contribution in [0.15, 0.2) is 0 Å². The summed E-state index contributed by atoms with van der Waals surface area (Å²) in [5.41, 5.74) is 0. The smallest absolute Gasteiger partial charge is 0.0461 e. The maximum atomic E-state index is 9.00. The Hall–Kier alpha value is -0.0400. The fourth-order valence-corrected chi connectivity index (χ4v) is 1.47. The van der Waals surface area contributed by atoms with Gasteiger partial charge in [0.05, 0.1) is 0 Å². The summed E-state index contributed by atoms with van der Waals surface area (Å²) in [7, 11) is 0. The van der Waals surface area contributed by atoms with E-state index in [1.807, 2.05) is 0 Å². The molecule has 0 fully saturated rings. The highest BCUT2D eigenvalue weighted by atomic mass is 16.3. The van der Waals surface area contributed by atoms with E-state index in [2.05, 4.69) is 20.8 Å². The molecule has 0 aliphatic heterocycles. The molecule has 2 atom stereocenters. The zero-order valence-electron chi connectivity index (χ0n) is 8.14. The molecule has 0 aliphatic carbocycles. The summed E-state index contributed by atoms with van der Waals surface area (Å²) in [4.78, 5) is 0. The topological polar surface area (TPSA) is 20.2 Å². The van der Waals surface area contributed by atoms with Crippen LogP contribution in [0.25, 0.3) is 0 Å². The Balaban J connectivity index is 3.51. The number of rotatable bonds is 6. The van der Waals surface area contributed by atoms with Gasteiger partial charge in [0.2, 0.25) is 0 Å². The molecule has 1 heteroatoms. The van der Waals surface area contributed by atoms with Crippen LogP contribution in [0.5, 0.6) is 0 Å². The van der Waals surface area contributed by atoms with Crippen molar-refractivity contribution in [3.8, 4) is 0 Å². The van der Waals surface area contributed by atoms with Crippen LogP contribution in [0.1, 0.15) is 46.5 Å². The number of aliphatic hydroxyl groups is 1. The molecule has 0 aromatic heterocycles. The highest BCUT2D eigenvalue weighted by Gasteiger charge is 2.12. The molecule has 0 saturated carbocycles. The summed E-state index contributed by atoms with van der Waals surface area (Å²) < 4.78 is 0. The normalized spacial score (nSPS) is 16.4. The molecular formula is C10H22O. The van der Waals surface area contributed by atoms with Gasteiger partial charge in [-0.05, 0) is 11.8 Å². The van der Waals surface area contributed by atoms with E-state index in [0.29, 0.717) is 18.4 Å². The lowest BCUT2D eigenvalue weighted by atomic mass is 9.88. The molecule has 0 radical (unpaired) electrons. The van der Waals surface area contributed by atoms with Crippen LogP contribution in [0.4, 0.5) is 0 Å². The Morgan fingerprint density at radius 3 is 2.27 bits per heavy atom. The molecule has 11 heavy (non-hydrogen) atoms. The van der Waals surface area contributed by atoms with Gasteiger partial charge in [0.1, 0.15) is 0 Å². The van der Waals surface area contributed by atoms with Gasteiger partial charge in [0.15, 0.2) is 0 Å². The second-order valence-corrected chi connectivity index (χ2v) is 3.47. The highest BCUT2D eigenvalue weighted by molar-refractivity contribution is 4.63. The molecule has 0 spiro atoms. The van der Waals surface area contributed by atoms with Gasteiger partial charge in [-0.15, -0.1) is 0 Å². The van der Waals surface area contributed by atoms with E-state index in [9.17, 15) is 0 Å². The van der Waals surface area contributed by atoms with Crippen LogP contribution >= 0.6 is 0 Å². The van der Waals surface area contributed by atoms with E-state index in [-0.39, 0.29) is 0 Å². The Morgan fingerprint density at radius 2 is 1.91 bits per heavy atom. The van der Waals surface area contributed by atoms with Crippen molar-refractivity contribution >= 4 is 0 Å². The van der Waals surface area contributed by atoms with Crippen LogP contribution in [-0.4, -0.2) is 11.7 Å². The van der Waals surface area contributed by atoms with Gasteiger partial charge in [-0.2, -0.15) is 0 Å². The third kappa shape index (κ3) is 4.41. The van der Waals surface area contributed by atoms with Crippen LogP contribution < -0.4 is 0 Å². The number of hydrogen-bond acceptors (Lipinski definition) is 1. The molecule has 0 rings (SSSR count). The Labute approximate surface area is 70.8 Å². The van der Waals surface area contributed by atoms with Crippen molar-refractivity contribution in [2.75, 3.05) is 6.61 Å². The average molecular weight is 158 g/mol. The first kappa shape index (κ1) is 11.0. The SMILES string of the molecule is CCCC[C@H](C)[C@H](CC)CO.